The number of carboxylic acid groups (broad SMARTS) is 1. The maximum atomic E-state index is 13.7. The number of ether oxygens (including phenoxy) is 1. The minimum Gasteiger partial charge on any atom is -0.475 e. The summed E-state index contributed by atoms with van der Waals surface area (Å²) in [7, 11) is 0. The molecule has 1 aliphatic rings. The molecule has 2 aromatic heterocycles. The minimum absolute atomic E-state index is 0.0149. The number of carbonyl (C=O) groups is 1. The van der Waals surface area contributed by atoms with Crippen molar-refractivity contribution in [3.05, 3.63) is 47.0 Å². The topological polar surface area (TPSA) is 87.6 Å². The maximum Gasteiger partial charge on any atom is 0.490 e. The monoisotopic (exact) mass is 436 g/mol. The van der Waals surface area contributed by atoms with Crippen molar-refractivity contribution in [2.75, 3.05) is 31.1 Å². The van der Waals surface area contributed by atoms with Crippen LogP contribution in [-0.2, 0) is 11.4 Å². The number of alkyl halides is 3. The molecule has 12 heteroatoms. The number of aromatic nitrogens is 2. The van der Waals surface area contributed by atoms with Gasteiger partial charge in [0.15, 0.2) is 0 Å². The molecule has 0 spiro atoms. The Morgan fingerprint density at radius 3 is 2.55 bits per heavy atom. The highest BCUT2D eigenvalue weighted by Gasteiger charge is 2.38. The Bertz CT molecular complexity index is 833. The fraction of sp³-hybridized carbons (Fsp3) is 0.353. The van der Waals surface area contributed by atoms with E-state index in [4.69, 9.17) is 26.2 Å². The van der Waals surface area contributed by atoms with Gasteiger partial charge in [-0.2, -0.15) is 18.2 Å². The van der Waals surface area contributed by atoms with E-state index in [1.54, 1.807) is 6.07 Å². The molecule has 1 aliphatic heterocycles. The molecular weight excluding hydrogens is 420 g/mol. The predicted molar refractivity (Wildman–Crippen MR) is 96.5 cm³/mol. The van der Waals surface area contributed by atoms with Crippen molar-refractivity contribution in [2.45, 2.75) is 12.8 Å². The third kappa shape index (κ3) is 7.35. The highest BCUT2D eigenvalue weighted by molar-refractivity contribution is 6.30. The minimum atomic E-state index is -5.08. The second-order valence-corrected chi connectivity index (χ2v) is 6.18. The summed E-state index contributed by atoms with van der Waals surface area (Å²) >= 11 is 5.67. The predicted octanol–water partition coefficient (Wildman–Crippen LogP) is 2.89. The number of nitrogens with one attached hydrogen (secondary N) is 1. The fourth-order valence-electron chi connectivity index (χ4n) is 2.25. The zero-order valence-corrected chi connectivity index (χ0v) is 15.7. The first-order valence-electron chi connectivity index (χ1n) is 8.32. The summed E-state index contributed by atoms with van der Waals surface area (Å²) in [6, 6.07) is 6.79. The van der Waals surface area contributed by atoms with Gasteiger partial charge in [0.2, 0.25) is 5.88 Å². The van der Waals surface area contributed by atoms with Crippen molar-refractivity contribution < 1.29 is 32.2 Å². The van der Waals surface area contributed by atoms with Crippen molar-refractivity contribution in [2.24, 2.45) is 0 Å². The number of hydrogen-bond acceptors (Lipinski definition) is 6. The van der Waals surface area contributed by atoms with Gasteiger partial charge in [0.05, 0.1) is 5.02 Å². The lowest BCUT2D eigenvalue weighted by Gasteiger charge is -2.28. The Labute approximate surface area is 168 Å². The number of pyridine rings is 2. The quantitative estimate of drug-likeness (QED) is 0.712. The van der Waals surface area contributed by atoms with Crippen LogP contribution < -0.4 is 15.0 Å². The standard InChI is InChI=1S/C15H16ClFN4O.C2HF3O2/c16-11-8-12(17)13(19-9-11)10-22-15-3-1-2-14(20-15)21-6-4-18-5-7-21;3-2(4,5)1(6)7/h1-3,8-9,18H,4-7,10H2;(H,6,7). The van der Waals surface area contributed by atoms with Gasteiger partial charge in [0, 0.05) is 38.4 Å². The molecule has 0 unspecified atom stereocenters. The van der Waals surface area contributed by atoms with Crippen molar-refractivity contribution in [1.82, 2.24) is 15.3 Å². The molecule has 7 nitrogen and oxygen atoms in total. The number of rotatable bonds is 4. The molecule has 3 heterocycles. The summed E-state index contributed by atoms with van der Waals surface area (Å²) in [6.07, 6.45) is -3.69. The number of hydrogen-bond donors (Lipinski definition) is 2. The smallest absolute Gasteiger partial charge is 0.475 e. The van der Waals surface area contributed by atoms with E-state index in [0.717, 1.165) is 32.0 Å². The second kappa shape index (κ2) is 10.2. The molecule has 158 valence electrons. The average molecular weight is 437 g/mol. The van der Waals surface area contributed by atoms with E-state index >= 15 is 0 Å². The molecule has 0 aliphatic carbocycles. The van der Waals surface area contributed by atoms with Crippen LogP contribution in [-0.4, -0.2) is 53.4 Å². The summed E-state index contributed by atoms with van der Waals surface area (Å²) in [4.78, 5) is 19.5. The fourth-order valence-corrected chi connectivity index (χ4v) is 2.39. The first-order chi connectivity index (χ1) is 13.7. The number of carboxylic acids is 1. The van der Waals surface area contributed by atoms with Crippen LogP contribution in [0.3, 0.4) is 0 Å². The first kappa shape index (κ1) is 22.6. The van der Waals surface area contributed by atoms with Gasteiger partial charge < -0.3 is 20.1 Å². The summed E-state index contributed by atoms with van der Waals surface area (Å²) < 4.78 is 50.9. The summed E-state index contributed by atoms with van der Waals surface area (Å²) in [5, 5.41) is 10.7. The van der Waals surface area contributed by atoms with Crippen LogP contribution in [0.5, 0.6) is 5.88 Å². The van der Waals surface area contributed by atoms with Crippen LogP contribution in [0.2, 0.25) is 5.02 Å². The van der Waals surface area contributed by atoms with Gasteiger partial charge in [0.1, 0.15) is 23.9 Å². The molecule has 2 aromatic rings. The van der Waals surface area contributed by atoms with Crippen molar-refractivity contribution >= 4 is 23.4 Å². The number of piperazine rings is 1. The van der Waals surface area contributed by atoms with E-state index in [9.17, 15) is 17.6 Å². The molecule has 29 heavy (non-hydrogen) atoms. The molecule has 0 saturated carbocycles. The third-order valence-corrected chi connectivity index (χ3v) is 3.84. The van der Waals surface area contributed by atoms with Gasteiger partial charge in [-0.15, -0.1) is 0 Å². The van der Waals surface area contributed by atoms with Crippen molar-refractivity contribution in [1.29, 1.82) is 0 Å². The SMILES string of the molecule is Fc1cc(Cl)cnc1COc1cccc(N2CCNCC2)n1.O=C(O)C(F)(F)F. The van der Waals surface area contributed by atoms with E-state index in [0.29, 0.717) is 5.88 Å². The number of anilines is 1. The number of nitrogens with zero attached hydrogens (tertiary/aromatic N) is 3. The van der Waals surface area contributed by atoms with Crippen LogP contribution in [0.15, 0.2) is 30.5 Å². The van der Waals surface area contributed by atoms with E-state index in [1.165, 1.54) is 12.3 Å². The highest BCUT2D eigenvalue weighted by atomic mass is 35.5. The Morgan fingerprint density at radius 1 is 1.31 bits per heavy atom. The molecule has 3 rings (SSSR count). The molecule has 0 radical (unpaired) electrons. The van der Waals surface area contributed by atoms with Crippen LogP contribution in [0.4, 0.5) is 23.4 Å². The van der Waals surface area contributed by atoms with Gasteiger partial charge >= 0.3 is 12.1 Å². The molecule has 0 atom stereocenters. The summed E-state index contributed by atoms with van der Waals surface area (Å²) in [5.74, 6) is -1.92. The summed E-state index contributed by atoms with van der Waals surface area (Å²) in [5.41, 5.74) is 0.207. The highest BCUT2D eigenvalue weighted by Crippen LogP contribution is 2.18. The lowest BCUT2D eigenvalue weighted by atomic mass is 10.3. The van der Waals surface area contributed by atoms with Gasteiger partial charge in [-0.1, -0.05) is 17.7 Å². The molecule has 0 amide bonds. The van der Waals surface area contributed by atoms with Crippen molar-refractivity contribution in [3.63, 3.8) is 0 Å². The Balaban J connectivity index is 0.000000370. The zero-order valence-electron chi connectivity index (χ0n) is 14.9. The molecule has 2 N–H and O–H groups in total. The number of aliphatic carboxylic acids is 1. The third-order valence-electron chi connectivity index (χ3n) is 3.63. The van der Waals surface area contributed by atoms with Gasteiger partial charge in [-0.3, -0.25) is 4.98 Å². The zero-order chi connectivity index (χ0) is 21.4. The molecule has 0 bridgehead atoms. The van der Waals surface area contributed by atoms with Crippen LogP contribution in [0.25, 0.3) is 0 Å². The van der Waals surface area contributed by atoms with Crippen LogP contribution >= 0.6 is 11.6 Å². The van der Waals surface area contributed by atoms with Crippen LogP contribution in [0.1, 0.15) is 5.69 Å². The Kier molecular flexibility index (Phi) is 7.97. The molecular formula is C17H17ClF4N4O3. The van der Waals surface area contributed by atoms with E-state index in [-0.39, 0.29) is 17.3 Å². The van der Waals surface area contributed by atoms with Crippen LogP contribution in [0, 0.1) is 5.82 Å². The van der Waals surface area contributed by atoms with Gasteiger partial charge in [-0.25, -0.2) is 9.18 Å². The summed E-state index contributed by atoms with van der Waals surface area (Å²) in [6.45, 7) is 3.70. The maximum absolute atomic E-state index is 13.7. The van der Waals surface area contributed by atoms with E-state index in [2.05, 4.69) is 20.2 Å². The second-order valence-electron chi connectivity index (χ2n) is 5.74. The molecule has 1 fully saturated rings. The van der Waals surface area contributed by atoms with E-state index in [1.807, 2.05) is 12.1 Å². The van der Waals surface area contributed by atoms with E-state index < -0.39 is 18.0 Å². The normalized spacial score (nSPS) is 14.0. The van der Waals surface area contributed by atoms with Gasteiger partial charge in [-0.05, 0) is 12.1 Å². The first-order valence-corrected chi connectivity index (χ1v) is 8.70. The largest absolute Gasteiger partial charge is 0.490 e. The lowest BCUT2D eigenvalue weighted by molar-refractivity contribution is -0.192. The van der Waals surface area contributed by atoms with Gasteiger partial charge in [0.25, 0.3) is 0 Å². The van der Waals surface area contributed by atoms with Crippen molar-refractivity contribution in [3.8, 4) is 5.88 Å². The number of halogens is 5. The molecule has 1 saturated heterocycles. The lowest BCUT2D eigenvalue weighted by Crippen LogP contribution is -2.43. The average Bonchev–Trinajstić information content (AvgIpc) is 2.68. The Hall–Kier alpha value is -2.66. The molecule has 0 aromatic carbocycles. The Morgan fingerprint density at radius 2 is 1.97 bits per heavy atom.